The van der Waals surface area contributed by atoms with Gasteiger partial charge in [0.25, 0.3) is 0 Å². The molecule has 0 fully saturated rings. The van der Waals surface area contributed by atoms with Crippen LogP contribution in [0.3, 0.4) is 0 Å². The van der Waals surface area contributed by atoms with Crippen LogP contribution in [0.25, 0.3) is 16.9 Å². The number of amides is 1. The van der Waals surface area contributed by atoms with Crippen molar-refractivity contribution in [1.82, 2.24) is 4.57 Å². The van der Waals surface area contributed by atoms with Gasteiger partial charge in [-0.05, 0) is 54.8 Å². The maximum absolute atomic E-state index is 11.5. The van der Waals surface area contributed by atoms with E-state index in [0.29, 0.717) is 12.0 Å². The average molecular weight is 374 g/mol. The lowest BCUT2D eigenvalue weighted by Crippen LogP contribution is -2.12. The summed E-state index contributed by atoms with van der Waals surface area (Å²) in [6.45, 7) is 1.91. The minimum Gasteiger partial charge on any atom is -0.481 e. The zero-order chi connectivity index (χ0) is 19.6. The standard InChI is InChI=1S/C21H19N2O3.Al/c1-14-13-16(21(22)26)7-10-18(14)23-17(9-12-20(24)25)8-11-19(23)15-5-3-2-4-6-15;/h3-8,10-11,13H,9,12H2,1H3,(H2,22,26)(H,24,25);. The molecule has 0 atom stereocenters. The monoisotopic (exact) mass is 374 g/mol. The van der Waals surface area contributed by atoms with Crippen LogP contribution < -0.4 is 10.2 Å². The van der Waals surface area contributed by atoms with E-state index >= 15 is 0 Å². The molecule has 1 aromatic heterocycles. The van der Waals surface area contributed by atoms with Crippen molar-refractivity contribution in [3.05, 3.63) is 71.4 Å². The van der Waals surface area contributed by atoms with Crippen LogP contribution in [-0.4, -0.2) is 37.8 Å². The number of benzene rings is 2. The van der Waals surface area contributed by atoms with Gasteiger partial charge in [-0.2, -0.15) is 0 Å². The molecule has 6 heteroatoms. The first-order valence-corrected chi connectivity index (χ1v) is 9.13. The molecule has 3 aromatic rings. The highest BCUT2D eigenvalue weighted by atomic mass is 27.0. The highest BCUT2D eigenvalue weighted by Crippen LogP contribution is 2.29. The number of primary amides is 1. The summed E-state index contributed by atoms with van der Waals surface area (Å²) >= 11 is 2.66. The van der Waals surface area contributed by atoms with E-state index in [1.807, 2.05) is 49.4 Å². The van der Waals surface area contributed by atoms with E-state index in [2.05, 4.69) is 20.9 Å². The van der Waals surface area contributed by atoms with Gasteiger partial charge >= 0.3 is 5.97 Å². The maximum atomic E-state index is 11.5. The predicted octanol–water partition coefficient (Wildman–Crippen LogP) is 2.36. The Balaban J connectivity index is 2.15. The van der Waals surface area contributed by atoms with Crippen molar-refractivity contribution in [3.8, 4) is 16.9 Å². The number of nitrogens with two attached hydrogens (primary N) is 1. The lowest BCUT2D eigenvalue weighted by atomic mass is 10.1. The van der Waals surface area contributed by atoms with E-state index in [1.54, 1.807) is 12.1 Å². The van der Waals surface area contributed by atoms with E-state index in [4.69, 9.17) is 10.8 Å². The summed E-state index contributed by atoms with van der Waals surface area (Å²) in [5.41, 5.74) is 10.5. The van der Waals surface area contributed by atoms with Gasteiger partial charge < -0.3 is 15.4 Å². The molecular formula is C21H19AlN2O3. The van der Waals surface area contributed by atoms with Crippen molar-refractivity contribution in [2.45, 2.75) is 19.8 Å². The fraction of sp³-hybridized carbons (Fsp3) is 0.143. The number of hydrogen-bond donors (Lipinski definition) is 2. The lowest BCUT2D eigenvalue weighted by Gasteiger charge is -2.17. The number of carboxylic acid groups (broad SMARTS) is 1. The number of carbonyl (C=O) groups is 2. The van der Waals surface area contributed by atoms with Crippen LogP contribution in [0.5, 0.6) is 0 Å². The molecule has 0 aliphatic carbocycles. The molecule has 3 N–H and O–H groups in total. The van der Waals surface area contributed by atoms with Crippen molar-refractivity contribution >= 4 is 32.6 Å². The average Bonchev–Trinajstić information content (AvgIpc) is 3.04. The Morgan fingerprint density at radius 3 is 2.37 bits per heavy atom. The first kappa shape index (κ1) is 19.0. The van der Waals surface area contributed by atoms with Crippen LogP contribution in [0.4, 0.5) is 0 Å². The van der Waals surface area contributed by atoms with Gasteiger partial charge in [0.05, 0.1) is 12.1 Å². The SMILES string of the molecule is Cc1cc(C(N)=O)ccc1-n1c(CCC(=O)O)ccc1-c1cc[c]([Al])cc1. The Labute approximate surface area is 165 Å². The van der Waals surface area contributed by atoms with Gasteiger partial charge in [-0.25, -0.2) is 0 Å². The van der Waals surface area contributed by atoms with Crippen LogP contribution in [0.2, 0.25) is 0 Å². The van der Waals surface area contributed by atoms with Crippen molar-refractivity contribution < 1.29 is 14.7 Å². The Morgan fingerprint density at radius 2 is 1.78 bits per heavy atom. The highest BCUT2D eigenvalue weighted by molar-refractivity contribution is 6.32. The molecule has 0 spiro atoms. The minimum absolute atomic E-state index is 0.0480. The quantitative estimate of drug-likeness (QED) is 0.650. The second-order valence-corrected chi connectivity index (χ2v) is 7.09. The van der Waals surface area contributed by atoms with E-state index < -0.39 is 11.9 Å². The fourth-order valence-electron chi connectivity index (χ4n) is 3.13. The summed E-state index contributed by atoms with van der Waals surface area (Å²) < 4.78 is 3.14. The molecule has 0 aliphatic heterocycles. The molecule has 3 rings (SSSR count). The molecule has 0 aliphatic rings. The second-order valence-electron chi connectivity index (χ2n) is 6.43. The summed E-state index contributed by atoms with van der Waals surface area (Å²) in [6.07, 6.45) is 0.459. The van der Waals surface area contributed by atoms with Crippen LogP contribution in [0.1, 0.15) is 28.0 Å². The largest absolute Gasteiger partial charge is 0.481 e. The Morgan fingerprint density at radius 1 is 1.07 bits per heavy atom. The highest BCUT2D eigenvalue weighted by Gasteiger charge is 2.15. The van der Waals surface area contributed by atoms with Gasteiger partial charge in [0.1, 0.15) is 0 Å². The summed E-state index contributed by atoms with van der Waals surface area (Å²) in [5.74, 6) is -1.31. The number of rotatable bonds is 6. The van der Waals surface area contributed by atoms with E-state index in [-0.39, 0.29) is 6.42 Å². The van der Waals surface area contributed by atoms with Crippen molar-refractivity contribution in [2.75, 3.05) is 0 Å². The molecule has 1 heterocycles. The van der Waals surface area contributed by atoms with Gasteiger partial charge in [0, 0.05) is 16.9 Å². The van der Waals surface area contributed by atoms with Crippen LogP contribution in [0.15, 0.2) is 54.6 Å². The van der Waals surface area contributed by atoms with E-state index in [1.165, 1.54) is 0 Å². The first-order chi connectivity index (χ1) is 12.9. The van der Waals surface area contributed by atoms with E-state index in [9.17, 15) is 9.59 Å². The Kier molecular flexibility index (Phi) is 5.50. The Hall–Kier alpha value is -2.81. The number of aryl methyl sites for hydroxylation is 2. The van der Waals surface area contributed by atoms with Crippen LogP contribution in [0, 0.1) is 6.92 Å². The molecule has 0 bridgehead atoms. The summed E-state index contributed by atoms with van der Waals surface area (Å²) in [6, 6.07) is 17.3. The molecule has 0 unspecified atom stereocenters. The number of carboxylic acids is 1. The zero-order valence-electron chi connectivity index (χ0n) is 15.0. The molecule has 2 aromatic carbocycles. The van der Waals surface area contributed by atoms with Gasteiger partial charge in [0.2, 0.25) is 5.91 Å². The van der Waals surface area contributed by atoms with Gasteiger partial charge in [-0.3, -0.25) is 9.59 Å². The summed E-state index contributed by atoms with van der Waals surface area (Å²) in [4.78, 5) is 22.5. The van der Waals surface area contributed by atoms with Crippen LogP contribution in [-0.2, 0) is 11.2 Å². The predicted molar refractivity (Wildman–Crippen MR) is 106 cm³/mol. The molecule has 134 valence electrons. The Bertz CT molecular complexity index is 1010. The topological polar surface area (TPSA) is 85.3 Å². The third-order valence-electron chi connectivity index (χ3n) is 4.49. The molecule has 27 heavy (non-hydrogen) atoms. The summed E-state index contributed by atoms with van der Waals surface area (Å²) in [7, 11) is 0. The normalized spacial score (nSPS) is 10.7. The van der Waals surface area contributed by atoms with E-state index in [0.717, 1.165) is 32.6 Å². The van der Waals surface area contributed by atoms with Gasteiger partial charge in [-0.15, -0.1) is 4.43 Å². The number of aromatic nitrogens is 1. The summed E-state index contributed by atoms with van der Waals surface area (Å²) in [5, 5.41) is 9.08. The number of aliphatic carboxylic acids is 1. The van der Waals surface area contributed by atoms with Crippen molar-refractivity contribution in [3.63, 3.8) is 0 Å². The smallest absolute Gasteiger partial charge is 0.303 e. The maximum Gasteiger partial charge on any atom is 0.303 e. The molecular weight excluding hydrogens is 355 g/mol. The van der Waals surface area contributed by atoms with Crippen LogP contribution >= 0.6 is 0 Å². The molecule has 0 saturated heterocycles. The number of carbonyl (C=O) groups excluding carboxylic acids is 1. The minimum atomic E-state index is -0.836. The lowest BCUT2D eigenvalue weighted by molar-refractivity contribution is -0.136. The van der Waals surface area contributed by atoms with Crippen molar-refractivity contribution in [2.24, 2.45) is 5.73 Å². The van der Waals surface area contributed by atoms with Gasteiger partial charge in [-0.1, -0.05) is 24.3 Å². The van der Waals surface area contributed by atoms with Gasteiger partial charge in [0.15, 0.2) is 16.3 Å². The third kappa shape index (κ3) is 4.13. The fourth-order valence-corrected chi connectivity index (χ4v) is 3.32. The van der Waals surface area contributed by atoms with Crippen molar-refractivity contribution in [1.29, 1.82) is 0 Å². The first-order valence-electron chi connectivity index (χ1n) is 8.56. The molecule has 2 radical (unpaired) electrons. The zero-order valence-corrected chi connectivity index (χ0v) is 16.1. The second kappa shape index (κ2) is 7.83. The third-order valence-corrected chi connectivity index (χ3v) is 4.87. The number of nitrogens with zero attached hydrogens (tertiary/aromatic N) is 1. The number of hydrogen-bond acceptors (Lipinski definition) is 2. The molecule has 1 amide bonds. The molecule has 5 nitrogen and oxygen atoms in total. The molecule has 0 saturated carbocycles.